The molecule has 1 aliphatic heterocycles. The van der Waals surface area contributed by atoms with Crippen LogP contribution < -0.4 is 10.6 Å². The molecule has 0 spiro atoms. The zero-order chi connectivity index (χ0) is 26.1. The summed E-state index contributed by atoms with van der Waals surface area (Å²) < 4.78 is 13.7. The maximum atomic E-state index is 13.7. The quantitative estimate of drug-likeness (QED) is 0.299. The minimum Gasteiger partial charge on any atom is -0.465 e. The van der Waals surface area contributed by atoms with Crippen molar-refractivity contribution < 1.29 is 23.9 Å². The minimum absolute atomic E-state index is 0.0212. The Kier molecular flexibility index (Phi) is 6.14. The molecule has 0 aliphatic carbocycles. The van der Waals surface area contributed by atoms with Crippen molar-refractivity contribution in [1.82, 2.24) is 14.9 Å². The lowest BCUT2D eigenvalue weighted by Gasteiger charge is -2.23. The predicted molar refractivity (Wildman–Crippen MR) is 136 cm³/mol. The van der Waals surface area contributed by atoms with Gasteiger partial charge < -0.3 is 20.7 Å². The number of aryl methyl sites for hydroxylation is 1. The number of nitrogens with zero attached hydrogens (tertiary/aromatic N) is 2. The number of halogens is 1. The fourth-order valence-corrected chi connectivity index (χ4v) is 4.30. The van der Waals surface area contributed by atoms with E-state index in [2.05, 4.69) is 20.6 Å². The zero-order valence-electron chi connectivity index (χ0n) is 19.7. The molecular weight excluding hydrogens is 477 g/mol. The molecule has 0 fully saturated rings. The highest BCUT2D eigenvalue weighted by atomic mass is 19.1. The van der Waals surface area contributed by atoms with Gasteiger partial charge >= 0.3 is 6.09 Å². The summed E-state index contributed by atoms with van der Waals surface area (Å²) in [5.74, 6) is -1.15. The van der Waals surface area contributed by atoms with E-state index >= 15 is 0 Å². The van der Waals surface area contributed by atoms with E-state index in [9.17, 15) is 23.9 Å². The highest BCUT2D eigenvalue weighted by molar-refractivity contribution is 6.09. The summed E-state index contributed by atoms with van der Waals surface area (Å²) in [5, 5.41) is 15.4. The fourth-order valence-electron chi connectivity index (χ4n) is 4.30. The second kappa shape index (κ2) is 9.57. The number of aromatic nitrogens is 2. The predicted octanol–water partition coefficient (Wildman–Crippen LogP) is 5.20. The van der Waals surface area contributed by atoms with Crippen LogP contribution in [0.3, 0.4) is 0 Å². The van der Waals surface area contributed by atoms with Gasteiger partial charge in [-0.3, -0.25) is 14.5 Å². The van der Waals surface area contributed by atoms with Gasteiger partial charge in [0, 0.05) is 28.7 Å². The van der Waals surface area contributed by atoms with Gasteiger partial charge in [-0.1, -0.05) is 24.3 Å². The van der Waals surface area contributed by atoms with Gasteiger partial charge in [0.05, 0.1) is 30.0 Å². The van der Waals surface area contributed by atoms with Crippen LogP contribution in [0.25, 0.3) is 11.3 Å². The number of carboxylic acid groups (broad SMARTS) is 1. The van der Waals surface area contributed by atoms with E-state index in [1.54, 1.807) is 19.1 Å². The average Bonchev–Trinajstić information content (AvgIpc) is 3.25. The number of aromatic amines is 1. The minimum atomic E-state index is -1.19. The Morgan fingerprint density at radius 1 is 1.08 bits per heavy atom. The molecule has 9 nitrogen and oxygen atoms in total. The van der Waals surface area contributed by atoms with Crippen molar-refractivity contribution >= 4 is 35.0 Å². The van der Waals surface area contributed by atoms with Gasteiger partial charge in [0.1, 0.15) is 11.6 Å². The van der Waals surface area contributed by atoms with Crippen LogP contribution in [0.4, 0.5) is 26.4 Å². The fraction of sp³-hybridized carbons (Fsp3) is 0.111. The summed E-state index contributed by atoms with van der Waals surface area (Å²) in [4.78, 5) is 45.8. The van der Waals surface area contributed by atoms with Crippen molar-refractivity contribution in [2.45, 2.75) is 13.5 Å². The van der Waals surface area contributed by atoms with Gasteiger partial charge in [-0.15, -0.1) is 0 Å². The van der Waals surface area contributed by atoms with Crippen LogP contribution in [0.1, 0.15) is 32.0 Å². The first-order chi connectivity index (χ1) is 17.8. The van der Waals surface area contributed by atoms with E-state index in [1.807, 2.05) is 30.3 Å². The number of carbonyl (C=O) groups is 3. The molecule has 1 aliphatic rings. The van der Waals surface area contributed by atoms with E-state index in [0.717, 1.165) is 16.7 Å². The van der Waals surface area contributed by atoms with E-state index in [0.29, 0.717) is 33.8 Å². The molecule has 0 unspecified atom stereocenters. The number of ketones is 1. The van der Waals surface area contributed by atoms with E-state index in [1.165, 1.54) is 18.3 Å². The molecule has 2 aromatic carbocycles. The zero-order valence-corrected chi connectivity index (χ0v) is 19.7. The molecule has 0 bridgehead atoms. The molecular formula is C27H22FN5O4. The largest absolute Gasteiger partial charge is 0.465 e. The third kappa shape index (κ3) is 4.76. The number of carbonyl (C=O) groups excluding carboxylic acids is 2. The molecule has 3 heterocycles. The van der Waals surface area contributed by atoms with Crippen molar-refractivity contribution in [2.24, 2.45) is 0 Å². The number of hydrogen-bond donors (Lipinski definition) is 4. The molecule has 10 heteroatoms. The Bertz CT molecular complexity index is 1530. The summed E-state index contributed by atoms with van der Waals surface area (Å²) in [6, 6.07) is 16.6. The van der Waals surface area contributed by atoms with Gasteiger partial charge in [-0.25, -0.2) is 14.2 Å². The third-order valence-electron chi connectivity index (χ3n) is 6.09. The number of anilines is 3. The van der Waals surface area contributed by atoms with Crippen molar-refractivity contribution in [3.63, 3.8) is 0 Å². The van der Waals surface area contributed by atoms with Gasteiger partial charge in [-0.05, 0) is 48.9 Å². The van der Waals surface area contributed by atoms with Crippen LogP contribution in [0.2, 0.25) is 0 Å². The van der Waals surface area contributed by atoms with Crippen molar-refractivity contribution in [2.75, 3.05) is 17.2 Å². The summed E-state index contributed by atoms with van der Waals surface area (Å²) in [5.41, 5.74) is 4.03. The number of para-hydroxylation sites is 1. The van der Waals surface area contributed by atoms with E-state index in [-0.39, 0.29) is 30.3 Å². The first-order valence-electron chi connectivity index (χ1n) is 11.4. The Morgan fingerprint density at radius 3 is 2.62 bits per heavy atom. The van der Waals surface area contributed by atoms with E-state index < -0.39 is 17.8 Å². The number of benzene rings is 2. The van der Waals surface area contributed by atoms with Crippen LogP contribution in [0.5, 0.6) is 0 Å². The number of hydrogen-bond acceptors (Lipinski definition) is 5. The maximum absolute atomic E-state index is 13.7. The highest BCUT2D eigenvalue weighted by Gasteiger charge is 2.32. The molecule has 37 heavy (non-hydrogen) atoms. The Balaban J connectivity index is 1.54. The summed E-state index contributed by atoms with van der Waals surface area (Å²) in [7, 11) is 0. The van der Waals surface area contributed by atoms with Crippen LogP contribution in [0.15, 0.2) is 66.9 Å². The normalized spacial score (nSPS) is 12.7. The smallest absolute Gasteiger partial charge is 0.408 e. The molecule has 4 aromatic rings. The molecule has 0 radical (unpaired) electrons. The second-order valence-corrected chi connectivity index (χ2v) is 8.62. The average molecular weight is 500 g/mol. The topological polar surface area (TPSA) is 127 Å². The van der Waals surface area contributed by atoms with Gasteiger partial charge in [0.2, 0.25) is 0 Å². The molecule has 0 atom stereocenters. The monoisotopic (exact) mass is 499 g/mol. The second-order valence-electron chi connectivity index (χ2n) is 8.62. The van der Waals surface area contributed by atoms with E-state index in [4.69, 9.17) is 0 Å². The van der Waals surface area contributed by atoms with Crippen LogP contribution in [-0.4, -0.2) is 44.3 Å². The van der Waals surface area contributed by atoms with Crippen molar-refractivity contribution in [3.8, 4) is 11.3 Å². The first-order valence-corrected chi connectivity index (χ1v) is 11.4. The molecule has 0 saturated heterocycles. The lowest BCUT2D eigenvalue weighted by atomic mass is 10.0. The van der Waals surface area contributed by atoms with Crippen LogP contribution in [-0.2, 0) is 6.54 Å². The number of fused-ring (bicyclic) bond motifs is 1. The molecule has 2 amide bonds. The van der Waals surface area contributed by atoms with Gasteiger partial charge in [-0.2, -0.15) is 0 Å². The molecule has 2 aromatic heterocycles. The summed E-state index contributed by atoms with van der Waals surface area (Å²) >= 11 is 0. The molecule has 186 valence electrons. The Hall–Kier alpha value is -4.99. The molecule has 4 N–H and O–H groups in total. The number of amides is 2. The maximum Gasteiger partial charge on any atom is 0.408 e. The molecule has 0 saturated carbocycles. The van der Waals surface area contributed by atoms with Gasteiger partial charge in [0.15, 0.2) is 5.78 Å². The summed E-state index contributed by atoms with van der Waals surface area (Å²) in [6.45, 7) is 1.47. The standard InChI is InChI=1S/C27H22FN5O4/c1-15-7-8-17(28)12-19(15)26(35)32-22-11-16(9-10-29-22)24-25(30-18-5-3-2-4-6-18)23-20(31-24)13-33(27(36)37)14-21(23)34/h2-12,30-31H,13-14H2,1H3,(H,36,37)(H,29,32,35). The number of rotatable bonds is 5. The van der Waals surface area contributed by atoms with Crippen molar-refractivity contribution in [3.05, 3.63) is 95.1 Å². The van der Waals surface area contributed by atoms with Crippen LogP contribution >= 0.6 is 0 Å². The van der Waals surface area contributed by atoms with Crippen molar-refractivity contribution in [1.29, 1.82) is 0 Å². The third-order valence-corrected chi connectivity index (χ3v) is 6.09. The Morgan fingerprint density at radius 2 is 1.86 bits per heavy atom. The summed E-state index contributed by atoms with van der Waals surface area (Å²) in [6.07, 6.45) is 0.315. The number of pyridine rings is 1. The SMILES string of the molecule is Cc1ccc(F)cc1C(=O)Nc1cc(-c2[nH]c3c(c2Nc2ccccc2)C(=O)CN(C(=O)O)C3)ccn1. The molecule has 5 rings (SSSR count). The Labute approximate surface area is 211 Å². The first kappa shape index (κ1) is 23.7. The number of nitrogens with one attached hydrogen (secondary N) is 3. The van der Waals surface area contributed by atoms with Crippen LogP contribution in [0, 0.1) is 12.7 Å². The lowest BCUT2D eigenvalue weighted by molar-refractivity contribution is 0.0874. The van der Waals surface area contributed by atoms with Gasteiger partial charge in [0.25, 0.3) is 5.91 Å². The highest BCUT2D eigenvalue weighted by Crippen LogP contribution is 2.38. The number of Topliss-reactive ketones (excluding diaryl/α,β-unsaturated/α-hetero) is 1. The number of H-pyrrole nitrogens is 1. The lowest BCUT2D eigenvalue weighted by Crippen LogP contribution is -2.38.